The zero-order chi connectivity index (χ0) is 21.8. The molecule has 3 rings (SSSR count). The number of aromatic nitrogens is 3. The molecule has 1 aromatic carbocycles. The van der Waals surface area contributed by atoms with Crippen LogP contribution < -0.4 is 0 Å². The van der Waals surface area contributed by atoms with Gasteiger partial charge in [0.25, 0.3) is 0 Å². The number of nitriles is 1. The molecule has 0 unspecified atom stereocenters. The molecule has 7 heteroatoms. The molecule has 0 atom stereocenters. The molecular formula is C22H26N4O2S. The number of carbonyl (C=O) groups is 1. The van der Waals surface area contributed by atoms with Gasteiger partial charge in [-0.1, -0.05) is 13.8 Å². The van der Waals surface area contributed by atoms with Crippen LogP contribution in [0.4, 0.5) is 0 Å². The number of nitrogens with one attached hydrogen (secondary N) is 1. The fraction of sp³-hybridized carbons (Fsp3) is 0.364. The molecule has 0 radical (unpaired) electrons. The summed E-state index contributed by atoms with van der Waals surface area (Å²) in [4.78, 5) is 24.1. The molecule has 0 aliphatic carbocycles. The van der Waals surface area contributed by atoms with Crippen molar-refractivity contribution >= 4 is 28.6 Å². The third kappa shape index (κ3) is 4.96. The lowest BCUT2D eigenvalue weighted by Crippen LogP contribution is -2.26. The maximum Gasteiger partial charge on any atom is 0.319 e. The zero-order valence-corrected chi connectivity index (χ0v) is 18.4. The first-order valence-electron chi connectivity index (χ1n) is 9.42. The van der Waals surface area contributed by atoms with E-state index in [1.807, 2.05) is 58.0 Å². The van der Waals surface area contributed by atoms with E-state index in [4.69, 9.17) is 0 Å². The van der Waals surface area contributed by atoms with Crippen LogP contribution in [0.2, 0.25) is 0 Å². The molecule has 0 saturated heterocycles. The molecule has 0 amide bonds. The first kappa shape index (κ1) is 22.4. The topological polar surface area (TPSA) is 103 Å². The van der Waals surface area contributed by atoms with E-state index in [-0.39, 0.29) is 0 Å². The van der Waals surface area contributed by atoms with Gasteiger partial charge in [0.15, 0.2) is 0 Å². The summed E-state index contributed by atoms with van der Waals surface area (Å²) >= 11 is 1.31. The number of carboxylic acids is 1. The molecular weight excluding hydrogens is 384 g/mol. The largest absolute Gasteiger partial charge is 0.480 e. The summed E-state index contributed by atoms with van der Waals surface area (Å²) in [6.07, 6.45) is 1.46. The van der Waals surface area contributed by atoms with Gasteiger partial charge in [-0.05, 0) is 58.0 Å². The summed E-state index contributed by atoms with van der Waals surface area (Å²) in [5, 5.41) is 19.6. The molecule has 2 aromatic heterocycles. The number of benzene rings is 1. The molecule has 3 aromatic rings. The highest BCUT2D eigenvalue weighted by Crippen LogP contribution is 2.35. The van der Waals surface area contributed by atoms with Gasteiger partial charge in [-0.25, -0.2) is 9.97 Å². The average Bonchev–Trinajstić information content (AvgIpc) is 3.12. The van der Waals surface area contributed by atoms with Gasteiger partial charge in [0.2, 0.25) is 0 Å². The minimum atomic E-state index is -0.906. The summed E-state index contributed by atoms with van der Waals surface area (Å²) in [5.41, 5.74) is 2.42. The molecule has 0 aliphatic rings. The van der Waals surface area contributed by atoms with Gasteiger partial charge >= 0.3 is 5.97 Å². The Hall–Kier alpha value is -2.85. The minimum Gasteiger partial charge on any atom is -0.480 e. The molecule has 6 nitrogen and oxygen atoms in total. The lowest BCUT2D eigenvalue weighted by molar-refractivity contribution is -0.138. The van der Waals surface area contributed by atoms with E-state index in [0.29, 0.717) is 11.4 Å². The minimum absolute atomic E-state index is 0.660. The molecule has 0 bridgehead atoms. The fourth-order valence-electron chi connectivity index (χ4n) is 2.55. The average molecular weight is 411 g/mol. The predicted molar refractivity (Wildman–Crippen MR) is 117 cm³/mol. The second-order valence-electron chi connectivity index (χ2n) is 7.37. The van der Waals surface area contributed by atoms with Crippen LogP contribution in [-0.2, 0) is 10.2 Å². The van der Waals surface area contributed by atoms with Gasteiger partial charge in [0.05, 0.1) is 28.6 Å². The summed E-state index contributed by atoms with van der Waals surface area (Å²) in [5.74, 6) is -0.851. The number of hydrogen-bond acceptors (Lipinski definition) is 5. The van der Waals surface area contributed by atoms with E-state index >= 15 is 0 Å². The third-order valence-corrected chi connectivity index (χ3v) is 5.52. The Bertz CT molecular complexity index is 1060. The highest BCUT2D eigenvalue weighted by molar-refractivity contribution is 8.01. The maximum absolute atomic E-state index is 11.4. The van der Waals surface area contributed by atoms with Crippen LogP contribution in [0.1, 0.15) is 47.2 Å². The Morgan fingerprint density at radius 1 is 1.14 bits per heavy atom. The number of H-pyrrole nitrogens is 1. The fourth-order valence-corrected chi connectivity index (χ4v) is 3.55. The zero-order valence-electron chi connectivity index (χ0n) is 17.6. The molecule has 2 N–H and O–H groups in total. The molecule has 29 heavy (non-hydrogen) atoms. The highest BCUT2D eigenvalue weighted by atomic mass is 32.2. The van der Waals surface area contributed by atoms with Crippen molar-refractivity contribution in [3.8, 4) is 17.5 Å². The Balaban J connectivity index is 0.00000145. The van der Waals surface area contributed by atoms with Crippen LogP contribution in [-0.4, -0.2) is 30.8 Å². The first-order chi connectivity index (χ1) is 13.6. The van der Waals surface area contributed by atoms with Gasteiger partial charge in [-0.3, -0.25) is 4.79 Å². The number of aromatic amines is 1. The van der Waals surface area contributed by atoms with Gasteiger partial charge in [0, 0.05) is 15.8 Å². The number of rotatable bonds is 5. The summed E-state index contributed by atoms with van der Waals surface area (Å²) in [6, 6.07) is 11.8. The Kier molecular flexibility index (Phi) is 6.70. The second kappa shape index (κ2) is 8.66. The number of hydrogen-bond donors (Lipinski definition) is 2. The van der Waals surface area contributed by atoms with Crippen molar-refractivity contribution in [1.29, 1.82) is 5.26 Å². The second-order valence-corrected chi connectivity index (χ2v) is 9.07. The molecule has 0 fully saturated rings. The van der Waals surface area contributed by atoms with Gasteiger partial charge < -0.3 is 10.1 Å². The standard InChI is InChI=1S/C20H20N4O2S.C2H6/c1-19(2,10-21)17-9-15(22-11-23-17)16-8-12-7-13(5-6-14(12)24-16)27-20(3,4)18(25)26;1-2/h5-9,11,24H,1-4H3,(H,25,26);1-2H3. The van der Waals surface area contributed by atoms with Crippen molar-refractivity contribution in [2.24, 2.45) is 0 Å². The smallest absolute Gasteiger partial charge is 0.319 e. The van der Waals surface area contributed by atoms with Crippen molar-refractivity contribution in [2.75, 3.05) is 0 Å². The van der Waals surface area contributed by atoms with E-state index in [0.717, 1.165) is 21.5 Å². The van der Waals surface area contributed by atoms with Crippen LogP contribution in [0, 0.1) is 11.3 Å². The summed E-state index contributed by atoms with van der Waals surface area (Å²) in [7, 11) is 0. The molecule has 0 spiro atoms. The van der Waals surface area contributed by atoms with Crippen LogP contribution in [0.25, 0.3) is 22.3 Å². The van der Waals surface area contributed by atoms with Crippen LogP contribution in [0.3, 0.4) is 0 Å². The third-order valence-electron chi connectivity index (χ3n) is 4.34. The monoisotopic (exact) mass is 410 g/mol. The molecule has 152 valence electrons. The summed E-state index contributed by atoms with van der Waals surface area (Å²) in [6.45, 7) is 11.0. The normalized spacial score (nSPS) is 11.5. The van der Waals surface area contributed by atoms with Crippen molar-refractivity contribution in [3.63, 3.8) is 0 Å². The van der Waals surface area contributed by atoms with Crippen LogP contribution in [0.5, 0.6) is 0 Å². The lowest BCUT2D eigenvalue weighted by Gasteiger charge is -2.18. The number of nitrogens with zero attached hydrogens (tertiary/aromatic N) is 3. The Morgan fingerprint density at radius 3 is 2.45 bits per heavy atom. The molecule has 2 heterocycles. The molecule has 0 saturated carbocycles. The van der Waals surface area contributed by atoms with Crippen molar-refractivity contribution in [3.05, 3.63) is 42.4 Å². The predicted octanol–water partition coefficient (Wildman–Crippen LogP) is 5.41. The first-order valence-corrected chi connectivity index (χ1v) is 10.2. The Morgan fingerprint density at radius 2 is 1.83 bits per heavy atom. The number of carboxylic acid groups (broad SMARTS) is 1. The van der Waals surface area contributed by atoms with Crippen molar-refractivity contribution < 1.29 is 9.90 Å². The van der Waals surface area contributed by atoms with E-state index in [1.54, 1.807) is 13.8 Å². The van der Waals surface area contributed by atoms with Crippen LogP contribution in [0.15, 0.2) is 41.6 Å². The number of aliphatic carboxylic acids is 1. The number of fused-ring (bicyclic) bond motifs is 1. The lowest BCUT2D eigenvalue weighted by atomic mass is 9.90. The summed E-state index contributed by atoms with van der Waals surface area (Å²) < 4.78 is -0.906. The maximum atomic E-state index is 11.4. The highest BCUT2D eigenvalue weighted by Gasteiger charge is 2.28. The Labute approximate surface area is 175 Å². The van der Waals surface area contributed by atoms with Crippen molar-refractivity contribution in [1.82, 2.24) is 15.0 Å². The number of thioether (sulfide) groups is 1. The van der Waals surface area contributed by atoms with Crippen molar-refractivity contribution in [2.45, 2.75) is 56.6 Å². The quantitative estimate of drug-likeness (QED) is 0.545. The van der Waals surface area contributed by atoms with E-state index in [9.17, 15) is 15.2 Å². The molecule has 0 aliphatic heterocycles. The van der Waals surface area contributed by atoms with Crippen LogP contribution >= 0.6 is 11.8 Å². The van der Waals surface area contributed by atoms with Gasteiger partial charge in [-0.2, -0.15) is 5.26 Å². The van der Waals surface area contributed by atoms with E-state index in [1.165, 1.54) is 18.1 Å². The van der Waals surface area contributed by atoms with Gasteiger partial charge in [0.1, 0.15) is 11.1 Å². The SMILES string of the molecule is CC.CC(C)(Sc1ccc2[nH]c(-c3cc(C(C)(C)C#N)ncn3)cc2c1)C(=O)O. The van der Waals surface area contributed by atoms with E-state index in [2.05, 4.69) is 21.0 Å². The van der Waals surface area contributed by atoms with E-state index < -0.39 is 16.1 Å². The van der Waals surface area contributed by atoms with Gasteiger partial charge in [-0.15, -0.1) is 11.8 Å².